The van der Waals surface area contributed by atoms with Crippen molar-refractivity contribution in [2.45, 2.75) is 39.7 Å². The van der Waals surface area contributed by atoms with Crippen molar-refractivity contribution in [2.75, 3.05) is 13.2 Å². The van der Waals surface area contributed by atoms with Gasteiger partial charge in [0.25, 0.3) is 0 Å². The first-order valence-corrected chi connectivity index (χ1v) is 7.03. The van der Waals surface area contributed by atoms with Gasteiger partial charge in [-0.25, -0.2) is 4.98 Å². The summed E-state index contributed by atoms with van der Waals surface area (Å²) in [6.07, 6.45) is 2.64. The number of aromatic nitrogens is 2. The molecule has 2 rings (SSSR count). The molecule has 0 spiro atoms. The summed E-state index contributed by atoms with van der Waals surface area (Å²) >= 11 is 0. The molecule has 0 aliphatic rings. The van der Waals surface area contributed by atoms with E-state index in [-0.39, 0.29) is 6.61 Å². The van der Waals surface area contributed by atoms with Crippen molar-refractivity contribution in [3.8, 4) is 5.75 Å². The largest absolute Gasteiger partial charge is 0.494 e. The van der Waals surface area contributed by atoms with E-state index in [4.69, 9.17) is 9.84 Å². The third-order valence-electron chi connectivity index (χ3n) is 3.12. The average molecular weight is 262 g/mol. The van der Waals surface area contributed by atoms with Gasteiger partial charge in [-0.2, -0.15) is 0 Å². The highest BCUT2D eigenvalue weighted by molar-refractivity contribution is 5.77. The van der Waals surface area contributed by atoms with Crippen molar-refractivity contribution in [1.29, 1.82) is 0 Å². The number of benzene rings is 1. The number of ether oxygens (including phenoxy) is 1. The van der Waals surface area contributed by atoms with Crippen molar-refractivity contribution < 1.29 is 9.84 Å². The van der Waals surface area contributed by atoms with E-state index in [1.165, 1.54) is 0 Å². The molecule has 0 atom stereocenters. The molecule has 0 amide bonds. The smallest absolute Gasteiger partial charge is 0.121 e. The van der Waals surface area contributed by atoms with E-state index < -0.39 is 0 Å². The Kier molecular flexibility index (Phi) is 4.80. The maximum Gasteiger partial charge on any atom is 0.121 e. The molecule has 2 aromatic rings. The minimum Gasteiger partial charge on any atom is -0.494 e. The molecule has 0 radical (unpaired) electrons. The number of rotatable bonds is 7. The zero-order valence-electron chi connectivity index (χ0n) is 11.7. The van der Waals surface area contributed by atoms with Crippen molar-refractivity contribution in [3.05, 3.63) is 24.0 Å². The normalized spacial score (nSPS) is 11.1. The topological polar surface area (TPSA) is 47.3 Å². The summed E-state index contributed by atoms with van der Waals surface area (Å²) in [7, 11) is 0. The molecule has 0 bridgehead atoms. The molecular formula is C15H22N2O2. The summed E-state index contributed by atoms with van der Waals surface area (Å²) < 4.78 is 7.77. The summed E-state index contributed by atoms with van der Waals surface area (Å²) in [4.78, 5) is 4.68. The number of imidazole rings is 1. The van der Waals surface area contributed by atoms with Crippen LogP contribution >= 0.6 is 0 Å². The first kappa shape index (κ1) is 13.9. The van der Waals surface area contributed by atoms with Gasteiger partial charge in [0.2, 0.25) is 0 Å². The number of hydrogen-bond donors (Lipinski definition) is 1. The van der Waals surface area contributed by atoms with Gasteiger partial charge in [0.1, 0.15) is 11.6 Å². The lowest BCUT2D eigenvalue weighted by molar-refractivity contribution is 0.287. The SMILES string of the molecule is CCCn1c(CCCO)nc2cc(OCC)ccc21. The Bertz CT molecular complexity index is 534. The molecule has 0 saturated heterocycles. The van der Waals surface area contributed by atoms with Crippen LogP contribution < -0.4 is 4.74 Å². The summed E-state index contributed by atoms with van der Waals surface area (Å²) in [5.74, 6) is 1.92. The number of fused-ring (bicyclic) bond motifs is 1. The lowest BCUT2D eigenvalue weighted by Crippen LogP contribution is -2.04. The van der Waals surface area contributed by atoms with Crippen LogP contribution in [0.15, 0.2) is 18.2 Å². The molecule has 0 unspecified atom stereocenters. The van der Waals surface area contributed by atoms with Crippen molar-refractivity contribution >= 4 is 11.0 Å². The monoisotopic (exact) mass is 262 g/mol. The van der Waals surface area contributed by atoms with Crippen LogP contribution in [0.1, 0.15) is 32.5 Å². The molecule has 0 saturated carbocycles. The minimum absolute atomic E-state index is 0.208. The van der Waals surface area contributed by atoms with Crippen LogP contribution in [0.4, 0.5) is 0 Å². The lowest BCUT2D eigenvalue weighted by atomic mass is 10.3. The molecule has 1 aromatic carbocycles. The van der Waals surface area contributed by atoms with Crippen LogP contribution in [-0.4, -0.2) is 27.9 Å². The maximum absolute atomic E-state index is 8.98. The van der Waals surface area contributed by atoms with Gasteiger partial charge in [-0.3, -0.25) is 0 Å². The highest BCUT2D eigenvalue weighted by atomic mass is 16.5. The van der Waals surface area contributed by atoms with Gasteiger partial charge in [-0.05, 0) is 31.9 Å². The first-order valence-electron chi connectivity index (χ1n) is 7.03. The van der Waals surface area contributed by atoms with Crippen molar-refractivity contribution in [1.82, 2.24) is 9.55 Å². The van der Waals surface area contributed by atoms with E-state index in [9.17, 15) is 0 Å². The molecule has 0 fully saturated rings. The Morgan fingerprint density at radius 3 is 2.84 bits per heavy atom. The Balaban J connectivity index is 2.39. The van der Waals surface area contributed by atoms with Gasteiger partial charge in [-0.15, -0.1) is 0 Å². The molecule has 4 nitrogen and oxygen atoms in total. The summed E-state index contributed by atoms with van der Waals surface area (Å²) in [5, 5.41) is 8.98. The van der Waals surface area contributed by atoms with Crippen LogP contribution in [0, 0.1) is 0 Å². The highest BCUT2D eigenvalue weighted by Gasteiger charge is 2.10. The molecule has 19 heavy (non-hydrogen) atoms. The van der Waals surface area contributed by atoms with Gasteiger partial charge in [-0.1, -0.05) is 6.92 Å². The second-order valence-corrected chi connectivity index (χ2v) is 4.59. The number of aryl methyl sites for hydroxylation is 2. The molecule has 0 aliphatic heterocycles. The lowest BCUT2D eigenvalue weighted by Gasteiger charge is -2.07. The average Bonchev–Trinajstić information content (AvgIpc) is 2.75. The zero-order chi connectivity index (χ0) is 13.7. The minimum atomic E-state index is 0.208. The van der Waals surface area contributed by atoms with E-state index >= 15 is 0 Å². The fourth-order valence-corrected chi connectivity index (χ4v) is 2.32. The quantitative estimate of drug-likeness (QED) is 0.834. The van der Waals surface area contributed by atoms with E-state index in [1.54, 1.807) is 0 Å². The van der Waals surface area contributed by atoms with Crippen LogP contribution in [0.5, 0.6) is 5.75 Å². The third kappa shape index (κ3) is 3.07. The number of hydrogen-bond acceptors (Lipinski definition) is 3. The van der Waals surface area contributed by atoms with Gasteiger partial charge in [0, 0.05) is 25.6 Å². The summed E-state index contributed by atoms with van der Waals surface area (Å²) in [6, 6.07) is 6.06. The molecule has 104 valence electrons. The van der Waals surface area contributed by atoms with Crippen LogP contribution in [-0.2, 0) is 13.0 Å². The Morgan fingerprint density at radius 2 is 2.16 bits per heavy atom. The predicted octanol–water partition coefficient (Wildman–Crippen LogP) is 2.77. The predicted molar refractivity (Wildman–Crippen MR) is 76.6 cm³/mol. The van der Waals surface area contributed by atoms with Crippen molar-refractivity contribution in [3.63, 3.8) is 0 Å². The maximum atomic E-state index is 8.98. The molecule has 4 heteroatoms. The van der Waals surface area contributed by atoms with Crippen molar-refractivity contribution in [2.24, 2.45) is 0 Å². The molecule has 1 aromatic heterocycles. The molecule has 1 heterocycles. The number of aliphatic hydroxyl groups is 1. The Hall–Kier alpha value is -1.55. The highest BCUT2D eigenvalue weighted by Crippen LogP contribution is 2.23. The third-order valence-corrected chi connectivity index (χ3v) is 3.12. The fourth-order valence-electron chi connectivity index (χ4n) is 2.32. The van der Waals surface area contributed by atoms with Gasteiger partial charge < -0.3 is 14.4 Å². The Morgan fingerprint density at radius 1 is 1.32 bits per heavy atom. The second-order valence-electron chi connectivity index (χ2n) is 4.59. The summed E-state index contributed by atoms with van der Waals surface area (Å²) in [5.41, 5.74) is 2.13. The van der Waals surface area contributed by atoms with E-state index in [0.717, 1.165) is 48.4 Å². The van der Waals surface area contributed by atoms with Gasteiger partial charge >= 0.3 is 0 Å². The van der Waals surface area contributed by atoms with Gasteiger partial charge in [0.05, 0.1) is 17.6 Å². The van der Waals surface area contributed by atoms with Crippen LogP contribution in [0.2, 0.25) is 0 Å². The fraction of sp³-hybridized carbons (Fsp3) is 0.533. The van der Waals surface area contributed by atoms with Gasteiger partial charge in [0.15, 0.2) is 0 Å². The van der Waals surface area contributed by atoms with Crippen LogP contribution in [0.25, 0.3) is 11.0 Å². The standard InChI is InChI=1S/C15H22N2O2/c1-3-9-17-14-8-7-12(19-4-2)11-13(14)16-15(17)6-5-10-18/h7-8,11,18H,3-6,9-10H2,1-2H3. The van der Waals surface area contributed by atoms with Crippen LogP contribution in [0.3, 0.4) is 0 Å². The number of nitrogens with zero attached hydrogens (tertiary/aromatic N) is 2. The first-order chi connectivity index (χ1) is 9.30. The second kappa shape index (κ2) is 6.57. The molecule has 1 N–H and O–H groups in total. The summed E-state index contributed by atoms with van der Waals surface area (Å²) in [6.45, 7) is 5.98. The molecule has 0 aliphatic carbocycles. The van der Waals surface area contributed by atoms with E-state index in [2.05, 4.69) is 22.5 Å². The van der Waals surface area contributed by atoms with E-state index in [0.29, 0.717) is 6.61 Å². The number of aliphatic hydroxyl groups excluding tert-OH is 1. The Labute approximate surface area is 114 Å². The zero-order valence-corrected chi connectivity index (χ0v) is 11.7. The van der Waals surface area contributed by atoms with E-state index in [1.807, 2.05) is 19.1 Å². The molecular weight excluding hydrogens is 240 g/mol.